The van der Waals surface area contributed by atoms with Crippen LogP contribution in [0.3, 0.4) is 0 Å². The molecule has 0 aliphatic carbocycles. The fourth-order valence-electron chi connectivity index (χ4n) is 2.04. The molecule has 0 radical (unpaired) electrons. The van der Waals surface area contributed by atoms with E-state index in [0.29, 0.717) is 13.2 Å². The summed E-state index contributed by atoms with van der Waals surface area (Å²) in [5, 5.41) is 3.36. The summed E-state index contributed by atoms with van der Waals surface area (Å²) in [4.78, 5) is 0. The molecule has 0 saturated carbocycles. The van der Waals surface area contributed by atoms with E-state index in [1.807, 2.05) is 0 Å². The largest absolute Gasteiger partial charge is 0.490 e. The molecule has 1 unspecified atom stereocenters. The first kappa shape index (κ1) is 18.4. The Hall–Kier alpha value is -0.620. The van der Waals surface area contributed by atoms with Crippen LogP contribution in [-0.2, 0) is 16.0 Å². The molecule has 1 aromatic rings. The minimum Gasteiger partial charge on any atom is -0.490 e. The molecule has 0 heterocycles. The van der Waals surface area contributed by atoms with Crippen molar-refractivity contribution in [1.82, 2.24) is 5.32 Å². The average molecular weight is 360 g/mol. The van der Waals surface area contributed by atoms with E-state index in [9.17, 15) is 0 Å². The quantitative estimate of drug-likeness (QED) is 0.650. The Kier molecular flexibility index (Phi) is 8.92. The van der Waals surface area contributed by atoms with Gasteiger partial charge in [0.05, 0.1) is 12.7 Å². The predicted molar refractivity (Wildman–Crippen MR) is 89.0 cm³/mol. The number of nitrogens with one attached hydrogen (secondary N) is 1. The smallest absolute Gasteiger partial charge is 0.127 e. The van der Waals surface area contributed by atoms with Gasteiger partial charge in [-0.2, -0.15) is 0 Å². The molecule has 1 aromatic carbocycles. The SMILES string of the molecule is COCCNCc1cc(Br)cc(C)c1OC(C)CCOC. The number of halogens is 1. The van der Waals surface area contributed by atoms with Crippen molar-refractivity contribution in [1.29, 1.82) is 0 Å². The number of methoxy groups -OCH3 is 2. The van der Waals surface area contributed by atoms with Crippen LogP contribution in [0.15, 0.2) is 16.6 Å². The third kappa shape index (κ3) is 6.78. The molecule has 120 valence electrons. The van der Waals surface area contributed by atoms with Crippen molar-refractivity contribution in [2.24, 2.45) is 0 Å². The van der Waals surface area contributed by atoms with Gasteiger partial charge >= 0.3 is 0 Å². The van der Waals surface area contributed by atoms with Gasteiger partial charge in [0.15, 0.2) is 0 Å². The third-order valence-electron chi connectivity index (χ3n) is 3.16. The molecule has 0 aliphatic rings. The van der Waals surface area contributed by atoms with Gasteiger partial charge in [-0.25, -0.2) is 0 Å². The summed E-state index contributed by atoms with van der Waals surface area (Å²) in [7, 11) is 3.42. The lowest BCUT2D eigenvalue weighted by Crippen LogP contribution is -2.21. The number of rotatable bonds is 10. The second-order valence-electron chi connectivity index (χ2n) is 5.09. The average Bonchev–Trinajstić information content (AvgIpc) is 2.44. The standard InChI is InChI=1S/C16H26BrNO3/c1-12-9-15(17)10-14(11-18-6-8-20-4)16(12)21-13(2)5-7-19-3/h9-10,13,18H,5-8,11H2,1-4H3. The maximum Gasteiger partial charge on any atom is 0.127 e. The lowest BCUT2D eigenvalue weighted by atomic mass is 10.1. The Bertz CT molecular complexity index is 426. The Morgan fingerprint density at radius 3 is 2.57 bits per heavy atom. The fourth-order valence-corrected chi connectivity index (χ4v) is 2.66. The van der Waals surface area contributed by atoms with Gasteiger partial charge in [0.2, 0.25) is 0 Å². The molecule has 0 bridgehead atoms. The summed E-state index contributed by atoms with van der Waals surface area (Å²) in [6, 6.07) is 4.18. The zero-order valence-corrected chi connectivity index (χ0v) is 15.0. The maximum atomic E-state index is 6.12. The second kappa shape index (κ2) is 10.2. The topological polar surface area (TPSA) is 39.7 Å². The monoisotopic (exact) mass is 359 g/mol. The van der Waals surface area contributed by atoms with E-state index in [2.05, 4.69) is 47.2 Å². The molecular weight excluding hydrogens is 334 g/mol. The van der Waals surface area contributed by atoms with Crippen LogP contribution >= 0.6 is 15.9 Å². The summed E-state index contributed by atoms with van der Waals surface area (Å²) in [5.74, 6) is 0.965. The summed E-state index contributed by atoms with van der Waals surface area (Å²) in [6.45, 7) is 7.13. The van der Waals surface area contributed by atoms with Crippen molar-refractivity contribution >= 4 is 15.9 Å². The van der Waals surface area contributed by atoms with Crippen LogP contribution in [0.5, 0.6) is 5.75 Å². The first-order valence-electron chi connectivity index (χ1n) is 7.22. The van der Waals surface area contributed by atoms with Gasteiger partial charge in [-0.15, -0.1) is 0 Å². The van der Waals surface area contributed by atoms with Gasteiger partial charge in [-0.05, 0) is 31.5 Å². The molecule has 0 fully saturated rings. The molecule has 0 spiro atoms. The van der Waals surface area contributed by atoms with Crippen LogP contribution in [0.4, 0.5) is 0 Å². The summed E-state index contributed by atoms with van der Waals surface area (Å²) >= 11 is 3.55. The van der Waals surface area contributed by atoms with Gasteiger partial charge in [-0.3, -0.25) is 0 Å². The Morgan fingerprint density at radius 2 is 1.90 bits per heavy atom. The molecule has 21 heavy (non-hydrogen) atoms. The second-order valence-corrected chi connectivity index (χ2v) is 6.01. The van der Waals surface area contributed by atoms with E-state index < -0.39 is 0 Å². The Morgan fingerprint density at radius 1 is 1.19 bits per heavy atom. The van der Waals surface area contributed by atoms with E-state index in [-0.39, 0.29) is 6.10 Å². The number of hydrogen-bond acceptors (Lipinski definition) is 4. The molecule has 4 nitrogen and oxygen atoms in total. The fraction of sp³-hybridized carbons (Fsp3) is 0.625. The summed E-state index contributed by atoms with van der Waals surface area (Å²) in [5.41, 5.74) is 2.29. The van der Waals surface area contributed by atoms with Crippen molar-refractivity contribution in [3.63, 3.8) is 0 Å². The number of benzene rings is 1. The van der Waals surface area contributed by atoms with Gasteiger partial charge in [0.1, 0.15) is 5.75 Å². The molecular formula is C16H26BrNO3. The highest BCUT2D eigenvalue weighted by Gasteiger charge is 2.12. The molecule has 1 rings (SSSR count). The van der Waals surface area contributed by atoms with E-state index in [4.69, 9.17) is 14.2 Å². The van der Waals surface area contributed by atoms with E-state index in [0.717, 1.165) is 40.9 Å². The molecule has 1 N–H and O–H groups in total. The van der Waals surface area contributed by atoms with Crippen LogP contribution < -0.4 is 10.1 Å². The Balaban J connectivity index is 2.74. The molecule has 1 atom stereocenters. The molecule has 5 heteroatoms. The van der Waals surface area contributed by atoms with Crippen molar-refractivity contribution in [3.05, 3.63) is 27.7 Å². The van der Waals surface area contributed by atoms with E-state index >= 15 is 0 Å². The Labute approximate surface area is 136 Å². The molecule has 0 aliphatic heterocycles. The normalized spacial score (nSPS) is 12.4. The minimum absolute atomic E-state index is 0.127. The van der Waals surface area contributed by atoms with Crippen LogP contribution in [-0.4, -0.2) is 40.1 Å². The highest BCUT2D eigenvalue weighted by atomic mass is 79.9. The predicted octanol–water partition coefficient (Wildman–Crippen LogP) is 3.30. The van der Waals surface area contributed by atoms with Crippen LogP contribution in [0.2, 0.25) is 0 Å². The highest BCUT2D eigenvalue weighted by Crippen LogP contribution is 2.29. The molecule has 0 aromatic heterocycles. The van der Waals surface area contributed by atoms with Crippen LogP contribution in [0, 0.1) is 6.92 Å². The van der Waals surface area contributed by atoms with Crippen LogP contribution in [0.1, 0.15) is 24.5 Å². The van der Waals surface area contributed by atoms with Crippen LogP contribution in [0.25, 0.3) is 0 Å². The van der Waals surface area contributed by atoms with Gasteiger partial charge in [0.25, 0.3) is 0 Å². The van der Waals surface area contributed by atoms with Crippen molar-refractivity contribution in [3.8, 4) is 5.75 Å². The summed E-state index contributed by atoms with van der Waals surface area (Å²) < 4.78 is 17.3. The van der Waals surface area contributed by atoms with Crippen molar-refractivity contribution < 1.29 is 14.2 Å². The van der Waals surface area contributed by atoms with Gasteiger partial charge < -0.3 is 19.5 Å². The zero-order valence-electron chi connectivity index (χ0n) is 13.4. The molecule has 0 saturated heterocycles. The number of aryl methyl sites for hydroxylation is 1. The maximum absolute atomic E-state index is 6.12. The number of hydrogen-bond donors (Lipinski definition) is 1. The summed E-state index contributed by atoms with van der Waals surface area (Å²) in [6.07, 6.45) is 1.00. The highest BCUT2D eigenvalue weighted by molar-refractivity contribution is 9.10. The lowest BCUT2D eigenvalue weighted by Gasteiger charge is -2.20. The van der Waals surface area contributed by atoms with E-state index in [1.54, 1.807) is 14.2 Å². The third-order valence-corrected chi connectivity index (χ3v) is 3.62. The van der Waals surface area contributed by atoms with Crippen molar-refractivity contribution in [2.75, 3.05) is 34.0 Å². The zero-order chi connectivity index (χ0) is 15.7. The van der Waals surface area contributed by atoms with Crippen molar-refractivity contribution in [2.45, 2.75) is 32.9 Å². The van der Waals surface area contributed by atoms with Gasteiger partial charge in [-0.1, -0.05) is 15.9 Å². The molecule has 0 amide bonds. The first-order valence-corrected chi connectivity index (χ1v) is 8.02. The minimum atomic E-state index is 0.127. The number of ether oxygens (including phenoxy) is 3. The lowest BCUT2D eigenvalue weighted by molar-refractivity contribution is 0.134. The van der Waals surface area contributed by atoms with E-state index in [1.165, 1.54) is 0 Å². The first-order chi connectivity index (χ1) is 10.1. The van der Waals surface area contributed by atoms with Gasteiger partial charge in [0, 0.05) is 50.4 Å².